The summed E-state index contributed by atoms with van der Waals surface area (Å²) in [7, 11) is -1.54. The average Bonchev–Trinajstić information content (AvgIpc) is 3.24. The Hall–Kier alpha value is -0.823. The highest BCUT2D eigenvalue weighted by atomic mass is 28.3. The normalized spacial score (nSPS) is 16.9. The third-order valence-corrected chi connectivity index (χ3v) is 12.9. The van der Waals surface area contributed by atoms with Gasteiger partial charge in [-0.15, -0.1) is 0 Å². The fourth-order valence-corrected chi connectivity index (χ4v) is 11.8. The van der Waals surface area contributed by atoms with E-state index in [0.717, 1.165) is 22.5 Å². The Morgan fingerprint density at radius 1 is 1.00 bits per heavy atom. The van der Waals surface area contributed by atoms with Crippen LogP contribution in [0.2, 0.25) is 16.6 Å². The summed E-state index contributed by atoms with van der Waals surface area (Å²) < 4.78 is 0. The van der Waals surface area contributed by atoms with Crippen LogP contribution in [0.15, 0.2) is 30.3 Å². The Bertz CT molecular complexity index is 511. The molecule has 1 aliphatic carbocycles. The fraction of sp³-hybridized carbons (Fsp3) is 0.619. The number of allylic oxidation sites excluding steroid dienone is 2. The standard InChI is InChI=1S/C21H34Si/c1-8-21(18-12-13-18)19-10-9-11-20(14-19)22(15(2)3,16(4)5)17(6)7/h8-11,14-18H,12-13H2,1-7H3/b21-8-. The molecule has 1 aliphatic rings. The van der Waals surface area contributed by atoms with Crippen LogP contribution in [0.1, 0.15) is 66.9 Å². The van der Waals surface area contributed by atoms with E-state index in [1.54, 1.807) is 10.8 Å². The van der Waals surface area contributed by atoms with Crippen molar-refractivity contribution in [2.24, 2.45) is 5.92 Å². The van der Waals surface area contributed by atoms with Gasteiger partial charge in [-0.1, -0.05) is 77.1 Å². The molecule has 1 heteroatoms. The lowest BCUT2D eigenvalue weighted by Crippen LogP contribution is -2.55. The summed E-state index contributed by atoms with van der Waals surface area (Å²) in [6.45, 7) is 16.9. The second kappa shape index (κ2) is 6.74. The minimum atomic E-state index is -1.54. The average molecular weight is 315 g/mol. The molecule has 0 saturated heterocycles. The van der Waals surface area contributed by atoms with Gasteiger partial charge in [-0.2, -0.15) is 0 Å². The van der Waals surface area contributed by atoms with Gasteiger partial charge in [-0.3, -0.25) is 0 Å². The third-order valence-electron chi connectivity index (χ3n) is 5.89. The molecule has 0 heterocycles. The van der Waals surface area contributed by atoms with E-state index in [0.29, 0.717) is 0 Å². The van der Waals surface area contributed by atoms with Crippen molar-refractivity contribution in [3.8, 4) is 0 Å². The SMILES string of the molecule is C/C=C(\c1cccc([Si](C(C)C)(C(C)C)C(C)C)c1)C1CC1. The van der Waals surface area contributed by atoms with Crippen LogP contribution < -0.4 is 5.19 Å². The summed E-state index contributed by atoms with van der Waals surface area (Å²) in [6.07, 6.45) is 5.11. The van der Waals surface area contributed by atoms with Crippen LogP contribution >= 0.6 is 0 Å². The maximum absolute atomic E-state index is 2.56. The molecule has 1 fully saturated rings. The zero-order chi connectivity index (χ0) is 16.5. The Balaban J connectivity index is 2.53. The van der Waals surface area contributed by atoms with E-state index < -0.39 is 8.07 Å². The summed E-state index contributed by atoms with van der Waals surface area (Å²) in [5.74, 6) is 0.827. The molecule has 0 radical (unpaired) electrons. The van der Waals surface area contributed by atoms with Crippen molar-refractivity contribution >= 4 is 18.8 Å². The quantitative estimate of drug-likeness (QED) is 0.534. The molecule has 0 unspecified atom stereocenters. The smallest absolute Gasteiger partial charge is 0.0836 e. The molecule has 0 spiro atoms. The van der Waals surface area contributed by atoms with Gasteiger partial charge in [0.15, 0.2) is 0 Å². The fourth-order valence-electron chi connectivity index (χ4n) is 5.00. The first kappa shape index (κ1) is 17.5. The second-order valence-electron chi connectivity index (χ2n) is 8.00. The van der Waals surface area contributed by atoms with Crippen LogP contribution in [0, 0.1) is 5.92 Å². The molecule has 0 amide bonds. The number of benzene rings is 1. The molecular formula is C21H34Si. The highest BCUT2D eigenvalue weighted by molar-refractivity contribution is 6.95. The monoisotopic (exact) mass is 314 g/mol. The van der Waals surface area contributed by atoms with Crippen LogP contribution in [-0.4, -0.2) is 8.07 Å². The Morgan fingerprint density at radius 2 is 1.55 bits per heavy atom. The minimum Gasteiger partial charge on any atom is -0.0836 e. The van der Waals surface area contributed by atoms with E-state index in [9.17, 15) is 0 Å². The van der Waals surface area contributed by atoms with Crippen molar-refractivity contribution in [3.63, 3.8) is 0 Å². The van der Waals surface area contributed by atoms with Crippen LogP contribution in [0.4, 0.5) is 0 Å². The molecule has 0 aliphatic heterocycles. The molecule has 22 heavy (non-hydrogen) atoms. The molecule has 0 aromatic heterocycles. The van der Waals surface area contributed by atoms with Crippen molar-refractivity contribution in [1.82, 2.24) is 0 Å². The number of hydrogen-bond acceptors (Lipinski definition) is 0. The van der Waals surface area contributed by atoms with Crippen molar-refractivity contribution in [3.05, 3.63) is 35.9 Å². The molecule has 1 aromatic rings. The van der Waals surface area contributed by atoms with Crippen molar-refractivity contribution in [2.75, 3.05) is 0 Å². The van der Waals surface area contributed by atoms with E-state index in [1.807, 2.05) is 0 Å². The molecule has 122 valence electrons. The lowest BCUT2D eigenvalue weighted by molar-refractivity contribution is 0.835. The lowest BCUT2D eigenvalue weighted by atomic mass is 10.0. The summed E-state index contributed by atoms with van der Waals surface area (Å²) in [6, 6.07) is 9.62. The predicted octanol–water partition coefficient (Wildman–Crippen LogP) is 6.39. The molecular weight excluding hydrogens is 280 g/mol. The summed E-state index contributed by atoms with van der Waals surface area (Å²) in [5, 5.41) is 1.67. The van der Waals surface area contributed by atoms with Crippen LogP contribution in [-0.2, 0) is 0 Å². The van der Waals surface area contributed by atoms with Crippen molar-refractivity contribution in [1.29, 1.82) is 0 Å². The molecule has 0 nitrogen and oxygen atoms in total. The van der Waals surface area contributed by atoms with Gasteiger partial charge in [0.1, 0.15) is 0 Å². The van der Waals surface area contributed by atoms with E-state index in [1.165, 1.54) is 18.4 Å². The Kier molecular flexibility index (Phi) is 5.37. The van der Waals surface area contributed by atoms with Gasteiger partial charge >= 0.3 is 0 Å². The molecule has 2 rings (SSSR count). The van der Waals surface area contributed by atoms with Gasteiger partial charge in [0, 0.05) is 0 Å². The van der Waals surface area contributed by atoms with Gasteiger partial charge in [-0.05, 0) is 53.4 Å². The first-order valence-corrected chi connectivity index (χ1v) is 11.4. The third kappa shape index (κ3) is 2.97. The van der Waals surface area contributed by atoms with E-state index in [4.69, 9.17) is 0 Å². The first-order valence-electron chi connectivity index (χ1n) is 9.12. The van der Waals surface area contributed by atoms with Gasteiger partial charge in [0.2, 0.25) is 0 Å². The number of rotatable bonds is 6. The second-order valence-corrected chi connectivity index (χ2v) is 13.9. The molecule has 1 aromatic carbocycles. The molecule has 0 bridgehead atoms. The van der Waals surface area contributed by atoms with Gasteiger partial charge < -0.3 is 0 Å². The van der Waals surface area contributed by atoms with Gasteiger partial charge in [0.25, 0.3) is 0 Å². The summed E-state index contributed by atoms with van der Waals surface area (Å²) >= 11 is 0. The summed E-state index contributed by atoms with van der Waals surface area (Å²) in [4.78, 5) is 0. The lowest BCUT2D eigenvalue weighted by Gasteiger charge is -2.44. The molecule has 0 N–H and O–H groups in total. The minimum absolute atomic E-state index is 0.776. The van der Waals surface area contributed by atoms with E-state index in [-0.39, 0.29) is 0 Å². The highest BCUT2D eigenvalue weighted by Crippen LogP contribution is 2.44. The Labute approximate surface area is 139 Å². The van der Waals surface area contributed by atoms with Crippen molar-refractivity contribution < 1.29 is 0 Å². The van der Waals surface area contributed by atoms with Crippen LogP contribution in [0.3, 0.4) is 0 Å². The number of hydrogen-bond donors (Lipinski definition) is 0. The Morgan fingerprint density at radius 3 is 1.95 bits per heavy atom. The zero-order valence-corrected chi connectivity index (χ0v) is 16.6. The van der Waals surface area contributed by atoms with E-state index in [2.05, 4.69) is 78.8 Å². The molecule has 0 atom stereocenters. The van der Waals surface area contributed by atoms with Crippen LogP contribution in [0.25, 0.3) is 5.57 Å². The van der Waals surface area contributed by atoms with Gasteiger partial charge in [0.05, 0.1) is 8.07 Å². The first-order chi connectivity index (χ1) is 10.4. The summed E-state index contributed by atoms with van der Waals surface area (Å²) in [5.41, 5.74) is 5.40. The predicted molar refractivity (Wildman–Crippen MR) is 103 cm³/mol. The van der Waals surface area contributed by atoms with Crippen molar-refractivity contribution in [2.45, 2.75) is 77.9 Å². The molecule has 1 saturated carbocycles. The zero-order valence-electron chi connectivity index (χ0n) is 15.6. The van der Waals surface area contributed by atoms with Gasteiger partial charge in [-0.25, -0.2) is 0 Å². The van der Waals surface area contributed by atoms with E-state index >= 15 is 0 Å². The maximum atomic E-state index is 2.56. The highest BCUT2D eigenvalue weighted by Gasteiger charge is 2.44. The largest absolute Gasteiger partial charge is 0.0942 e. The topological polar surface area (TPSA) is 0 Å². The maximum Gasteiger partial charge on any atom is 0.0942 e. The van der Waals surface area contributed by atoms with Crippen LogP contribution in [0.5, 0.6) is 0 Å².